The van der Waals surface area contributed by atoms with Gasteiger partial charge in [-0.25, -0.2) is 0 Å². The van der Waals surface area contributed by atoms with E-state index in [1.807, 2.05) is 6.07 Å². The van der Waals surface area contributed by atoms with Gasteiger partial charge >= 0.3 is 0 Å². The molecule has 0 spiro atoms. The summed E-state index contributed by atoms with van der Waals surface area (Å²) in [6.07, 6.45) is 1.48. The fourth-order valence-electron chi connectivity index (χ4n) is 1.68. The molecule has 0 unspecified atom stereocenters. The van der Waals surface area contributed by atoms with Crippen molar-refractivity contribution in [3.8, 4) is 11.8 Å². The number of nitrogens with two attached hydrogens (primary N) is 1. The van der Waals surface area contributed by atoms with E-state index in [0.717, 1.165) is 0 Å². The molecule has 0 aliphatic carbocycles. The summed E-state index contributed by atoms with van der Waals surface area (Å²) in [6.45, 7) is 0. The summed E-state index contributed by atoms with van der Waals surface area (Å²) in [5, 5.41) is 18.3. The molecule has 0 heterocycles. The van der Waals surface area contributed by atoms with Gasteiger partial charge in [0.2, 0.25) is 5.78 Å². The Hall–Kier alpha value is -3.06. The first-order valence-corrected chi connectivity index (χ1v) is 5.91. The summed E-state index contributed by atoms with van der Waals surface area (Å²) in [5.74, 6) is -0.230. The number of carbonyl (C=O) groups excluding carboxylic acids is 1. The summed E-state index contributed by atoms with van der Waals surface area (Å²) in [7, 11) is 0. The molecule has 0 radical (unpaired) electrons. The van der Waals surface area contributed by atoms with Gasteiger partial charge in [-0.15, -0.1) is 0 Å². The third kappa shape index (κ3) is 3.03. The largest absolute Gasteiger partial charge is 0.508 e. The average molecular weight is 264 g/mol. The van der Waals surface area contributed by atoms with Crippen LogP contribution in [0.4, 0.5) is 5.69 Å². The SMILES string of the molecule is N#CC(=Cc1ccc(O)cc1)C(=O)c1ccc(N)cc1. The number of nitrogen functional groups attached to an aromatic ring is 1. The Morgan fingerprint density at radius 3 is 2.25 bits per heavy atom. The zero-order valence-electron chi connectivity index (χ0n) is 10.6. The summed E-state index contributed by atoms with van der Waals surface area (Å²) in [5.41, 5.74) is 7.22. The van der Waals surface area contributed by atoms with Crippen LogP contribution in [0.5, 0.6) is 5.75 Å². The normalized spacial score (nSPS) is 10.8. The van der Waals surface area contributed by atoms with Gasteiger partial charge in [0.05, 0.1) is 0 Å². The highest BCUT2D eigenvalue weighted by Gasteiger charge is 2.11. The van der Waals surface area contributed by atoms with E-state index < -0.39 is 0 Å². The summed E-state index contributed by atoms with van der Waals surface area (Å²) < 4.78 is 0. The molecule has 2 aromatic carbocycles. The molecule has 0 aliphatic rings. The lowest BCUT2D eigenvalue weighted by Gasteiger charge is -2.01. The maximum atomic E-state index is 12.2. The van der Waals surface area contributed by atoms with Gasteiger partial charge in [-0.3, -0.25) is 4.79 Å². The van der Waals surface area contributed by atoms with Crippen molar-refractivity contribution in [3.05, 3.63) is 65.2 Å². The van der Waals surface area contributed by atoms with Gasteiger partial charge in [0.15, 0.2) is 0 Å². The van der Waals surface area contributed by atoms with E-state index in [0.29, 0.717) is 16.8 Å². The zero-order chi connectivity index (χ0) is 14.5. The van der Waals surface area contributed by atoms with Crippen molar-refractivity contribution >= 4 is 17.5 Å². The number of aromatic hydroxyl groups is 1. The van der Waals surface area contributed by atoms with Crippen molar-refractivity contribution in [2.24, 2.45) is 0 Å². The smallest absolute Gasteiger partial charge is 0.203 e. The number of anilines is 1. The number of carbonyl (C=O) groups is 1. The van der Waals surface area contributed by atoms with Crippen molar-refractivity contribution in [3.63, 3.8) is 0 Å². The molecule has 0 saturated carbocycles. The highest BCUT2D eigenvalue weighted by atomic mass is 16.3. The Labute approximate surface area is 116 Å². The second-order valence-corrected chi connectivity index (χ2v) is 4.21. The molecule has 0 saturated heterocycles. The maximum Gasteiger partial charge on any atom is 0.203 e. The van der Waals surface area contributed by atoms with E-state index in [2.05, 4.69) is 0 Å². The number of rotatable bonds is 3. The van der Waals surface area contributed by atoms with E-state index in [-0.39, 0.29) is 17.1 Å². The van der Waals surface area contributed by atoms with Crippen molar-refractivity contribution in [2.75, 3.05) is 5.73 Å². The van der Waals surface area contributed by atoms with Crippen LogP contribution in [0.1, 0.15) is 15.9 Å². The van der Waals surface area contributed by atoms with Crippen molar-refractivity contribution in [1.29, 1.82) is 5.26 Å². The Kier molecular flexibility index (Phi) is 3.82. The monoisotopic (exact) mass is 264 g/mol. The van der Waals surface area contributed by atoms with Crippen LogP contribution in [0.25, 0.3) is 6.08 Å². The van der Waals surface area contributed by atoms with Gasteiger partial charge in [0, 0.05) is 11.3 Å². The first-order valence-electron chi connectivity index (χ1n) is 5.91. The van der Waals surface area contributed by atoms with E-state index in [9.17, 15) is 9.90 Å². The van der Waals surface area contributed by atoms with Gasteiger partial charge in [0.25, 0.3) is 0 Å². The van der Waals surface area contributed by atoms with Crippen LogP contribution in [-0.4, -0.2) is 10.9 Å². The quantitative estimate of drug-likeness (QED) is 0.386. The van der Waals surface area contributed by atoms with E-state index >= 15 is 0 Å². The number of Topliss-reactive ketones (excluding diaryl/α,β-unsaturated/α-hetero) is 1. The summed E-state index contributed by atoms with van der Waals surface area (Å²) in [6, 6.07) is 14.5. The van der Waals surface area contributed by atoms with Crippen LogP contribution < -0.4 is 5.73 Å². The minimum Gasteiger partial charge on any atom is -0.508 e. The van der Waals surface area contributed by atoms with Gasteiger partial charge < -0.3 is 10.8 Å². The van der Waals surface area contributed by atoms with Crippen LogP contribution >= 0.6 is 0 Å². The van der Waals surface area contributed by atoms with Crippen molar-refractivity contribution < 1.29 is 9.90 Å². The summed E-state index contributed by atoms with van der Waals surface area (Å²) >= 11 is 0. The molecule has 0 amide bonds. The number of hydrogen-bond donors (Lipinski definition) is 2. The van der Waals surface area contributed by atoms with Crippen LogP contribution in [0.2, 0.25) is 0 Å². The topological polar surface area (TPSA) is 87.1 Å². The molecule has 2 aromatic rings. The van der Waals surface area contributed by atoms with Crippen LogP contribution in [0.15, 0.2) is 54.1 Å². The fourth-order valence-corrected chi connectivity index (χ4v) is 1.68. The third-order valence-electron chi connectivity index (χ3n) is 2.74. The van der Waals surface area contributed by atoms with E-state index in [1.54, 1.807) is 36.4 Å². The second-order valence-electron chi connectivity index (χ2n) is 4.21. The lowest BCUT2D eigenvalue weighted by molar-refractivity contribution is 0.104. The number of hydrogen-bond acceptors (Lipinski definition) is 4. The van der Waals surface area contributed by atoms with Crippen molar-refractivity contribution in [2.45, 2.75) is 0 Å². The first-order chi connectivity index (χ1) is 9.60. The van der Waals surface area contributed by atoms with Crippen LogP contribution in [-0.2, 0) is 0 Å². The van der Waals surface area contributed by atoms with Gasteiger partial charge in [-0.05, 0) is 48.0 Å². The minimum atomic E-state index is -0.361. The lowest BCUT2D eigenvalue weighted by atomic mass is 10.0. The maximum absolute atomic E-state index is 12.2. The molecule has 4 nitrogen and oxygen atoms in total. The lowest BCUT2D eigenvalue weighted by Crippen LogP contribution is -2.02. The van der Waals surface area contributed by atoms with Gasteiger partial charge in [-0.2, -0.15) is 5.26 Å². The Morgan fingerprint density at radius 2 is 1.70 bits per heavy atom. The Morgan fingerprint density at radius 1 is 1.10 bits per heavy atom. The molecule has 0 atom stereocenters. The Bertz CT molecular complexity index is 693. The summed E-state index contributed by atoms with van der Waals surface area (Å²) in [4.78, 5) is 12.2. The molecule has 98 valence electrons. The molecule has 0 aliphatic heterocycles. The predicted octanol–water partition coefficient (Wildman–Crippen LogP) is 2.76. The molecular weight excluding hydrogens is 252 g/mol. The molecular formula is C16H12N2O2. The number of nitriles is 1. The highest BCUT2D eigenvalue weighted by Crippen LogP contribution is 2.16. The van der Waals surface area contributed by atoms with E-state index in [1.165, 1.54) is 18.2 Å². The molecule has 20 heavy (non-hydrogen) atoms. The predicted molar refractivity (Wildman–Crippen MR) is 76.9 cm³/mol. The number of phenols is 1. The standard InChI is InChI=1S/C16H12N2O2/c17-10-13(9-11-1-7-15(19)8-2-11)16(20)12-3-5-14(18)6-4-12/h1-9,19H,18H2. The molecule has 3 N–H and O–H groups in total. The molecule has 0 fully saturated rings. The Balaban J connectivity index is 2.32. The number of phenolic OH excluding ortho intramolecular Hbond substituents is 1. The average Bonchev–Trinajstić information content (AvgIpc) is 2.47. The number of benzene rings is 2. The number of allylic oxidation sites excluding steroid dienone is 1. The van der Waals surface area contributed by atoms with E-state index in [4.69, 9.17) is 11.0 Å². The van der Waals surface area contributed by atoms with Gasteiger partial charge in [0.1, 0.15) is 17.4 Å². The van der Waals surface area contributed by atoms with Gasteiger partial charge in [-0.1, -0.05) is 12.1 Å². The first kappa shape index (κ1) is 13.4. The number of ketones is 1. The fraction of sp³-hybridized carbons (Fsp3) is 0. The number of nitrogens with zero attached hydrogens (tertiary/aromatic N) is 1. The minimum absolute atomic E-state index is 0.0282. The second kappa shape index (κ2) is 5.72. The molecule has 0 bridgehead atoms. The third-order valence-corrected chi connectivity index (χ3v) is 2.74. The van der Waals surface area contributed by atoms with Crippen molar-refractivity contribution in [1.82, 2.24) is 0 Å². The van der Waals surface area contributed by atoms with Crippen LogP contribution in [0.3, 0.4) is 0 Å². The van der Waals surface area contributed by atoms with Crippen LogP contribution in [0, 0.1) is 11.3 Å². The molecule has 4 heteroatoms. The molecule has 2 rings (SSSR count). The highest BCUT2D eigenvalue weighted by molar-refractivity contribution is 6.14. The zero-order valence-corrected chi connectivity index (χ0v) is 10.6. The molecule has 0 aromatic heterocycles.